The van der Waals surface area contributed by atoms with E-state index in [1.165, 1.54) is 302 Å². The fraction of sp³-hybridized carbons (Fsp3) is 0.956. The molecule has 0 fully saturated rings. The molecule has 6 nitrogen and oxygen atoms in total. The Bertz CT molecular complexity index is 1110. The molecule has 0 aromatic carbocycles. The summed E-state index contributed by atoms with van der Waals surface area (Å²) in [6.07, 6.45) is 74.1. The predicted molar refractivity (Wildman–Crippen MR) is 321 cm³/mol. The Morgan fingerprint density at radius 3 is 0.541 bits per heavy atom. The van der Waals surface area contributed by atoms with Gasteiger partial charge in [0.25, 0.3) is 0 Å². The number of carbonyl (C=O) groups excluding carboxylic acids is 3. The van der Waals surface area contributed by atoms with Crippen molar-refractivity contribution in [2.45, 2.75) is 406 Å². The molecule has 0 aromatic heterocycles. The van der Waals surface area contributed by atoms with E-state index in [0.29, 0.717) is 19.3 Å². The molecule has 1 atom stereocenters. The molecule has 0 aliphatic heterocycles. The van der Waals surface area contributed by atoms with Crippen molar-refractivity contribution in [2.24, 2.45) is 0 Å². The summed E-state index contributed by atoms with van der Waals surface area (Å²) in [6.45, 7) is 6.74. The van der Waals surface area contributed by atoms with Gasteiger partial charge in [-0.15, -0.1) is 0 Å². The number of ether oxygens (including phenoxy) is 3. The van der Waals surface area contributed by atoms with Crippen molar-refractivity contribution in [2.75, 3.05) is 13.2 Å². The Morgan fingerprint density at radius 2 is 0.365 bits per heavy atom. The molecular formula is C68H132O6. The monoisotopic (exact) mass is 1050 g/mol. The first-order chi connectivity index (χ1) is 36.5. The lowest BCUT2D eigenvalue weighted by molar-refractivity contribution is -0.167. The fourth-order valence-electron chi connectivity index (χ4n) is 10.7. The van der Waals surface area contributed by atoms with E-state index in [4.69, 9.17) is 14.2 Å². The van der Waals surface area contributed by atoms with E-state index in [0.717, 1.165) is 57.8 Å². The van der Waals surface area contributed by atoms with Crippen LogP contribution >= 0.6 is 0 Å². The van der Waals surface area contributed by atoms with Crippen molar-refractivity contribution in [3.63, 3.8) is 0 Å². The average molecular weight is 1050 g/mol. The quantitative estimate of drug-likeness (QED) is 0.0343. The standard InChI is InChI=1S/C68H132O6/c1-4-7-10-13-16-19-22-25-28-30-31-32-33-34-35-36-37-38-41-43-46-49-52-55-58-61-67(70)73-64-65(63-72-66(69)60-57-54-51-48-45-42-39-27-24-21-18-15-12-9-6-3)74-68(71)62-59-56-53-50-47-44-40-29-26-23-20-17-14-11-8-5-2/h65H,4-64H2,1-3H3. The SMILES string of the molecule is CCCCCCCCCCCCCCCCCCCCCCCCCCCC(=O)OCC(COC(=O)CCCCCCCCCCCCCCCCC)OC(=O)CCCCCCCCCCCCCCCCCC. The van der Waals surface area contributed by atoms with Gasteiger partial charge < -0.3 is 14.2 Å². The fourth-order valence-corrected chi connectivity index (χ4v) is 10.7. The van der Waals surface area contributed by atoms with Gasteiger partial charge in [-0.25, -0.2) is 0 Å². The van der Waals surface area contributed by atoms with Gasteiger partial charge in [0.1, 0.15) is 13.2 Å². The molecule has 0 amide bonds. The van der Waals surface area contributed by atoms with Crippen LogP contribution in [0.15, 0.2) is 0 Å². The van der Waals surface area contributed by atoms with Gasteiger partial charge >= 0.3 is 17.9 Å². The zero-order valence-electron chi connectivity index (χ0n) is 50.7. The van der Waals surface area contributed by atoms with Gasteiger partial charge in [0.05, 0.1) is 0 Å². The normalized spacial score (nSPS) is 11.9. The zero-order chi connectivity index (χ0) is 53.6. The molecule has 0 saturated carbocycles. The highest BCUT2D eigenvalue weighted by Crippen LogP contribution is 2.19. The maximum absolute atomic E-state index is 12.9. The Morgan fingerprint density at radius 1 is 0.216 bits per heavy atom. The van der Waals surface area contributed by atoms with Gasteiger partial charge in [-0.1, -0.05) is 361 Å². The van der Waals surface area contributed by atoms with Gasteiger partial charge in [0.2, 0.25) is 0 Å². The first-order valence-electron chi connectivity index (χ1n) is 34.0. The number of rotatable bonds is 64. The highest BCUT2D eigenvalue weighted by Gasteiger charge is 2.19. The first kappa shape index (κ1) is 72.4. The minimum atomic E-state index is -0.762. The Balaban J connectivity index is 4.20. The summed E-state index contributed by atoms with van der Waals surface area (Å²) in [4.78, 5) is 38.3. The average Bonchev–Trinajstić information content (AvgIpc) is 3.40. The summed E-state index contributed by atoms with van der Waals surface area (Å²) in [5, 5.41) is 0. The number of hydrogen-bond acceptors (Lipinski definition) is 6. The van der Waals surface area contributed by atoms with E-state index in [9.17, 15) is 14.4 Å². The van der Waals surface area contributed by atoms with Crippen LogP contribution in [0.25, 0.3) is 0 Å². The third-order valence-electron chi connectivity index (χ3n) is 15.9. The maximum atomic E-state index is 12.9. The lowest BCUT2D eigenvalue weighted by Gasteiger charge is -2.18. The molecule has 0 spiro atoms. The summed E-state index contributed by atoms with van der Waals surface area (Å²) in [5.74, 6) is -0.822. The van der Waals surface area contributed by atoms with Crippen LogP contribution in [0, 0.1) is 0 Å². The lowest BCUT2D eigenvalue weighted by Crippen LogP contribution is -2.30. The second-order valence-corrected chi connectivity index (χ2v) is 23.5. The van der Waals surface area contributed by atoms with Crippen molar-refractivity contribution >= 4 is 17.9 Å². The minimum Gasteiger partial charge on any atom is -0.462 e. The molecule has 0 aromatic rings. The third kappa shape index (κ3) is 61.3. The van der Waals surface area contributed by atoms with E-state index in [1.54, 1.807) is 0 Å². The zero-order valence-corrected chi connectivity index (χ0v) is 50.7. The molecule has 0 bridgehead atoms. The molecule has 0 aliphatic carbocycles. The van der Waals surface area contributed by atoms with Crippen molar-refractivity contribution in [1.29, 1.82) is 0 Å². The largest absolute Gasteiger partial charge is 0.462 e. The van der Waals surface area contributed by atoms with Crippen LogP contribution in [-0.4, -0.2) is 37.2 Å². The second-order valence-electron chi connectivity index (χ2n) is 23.5. The van der Waals surface area contributed by atoms with Crippen molar-refractivity contribution < 1.29 is 28.6 Å². The number of hydrogen-bond donors (Lipinski definition) is 0. The summed E-state index contributed by atoms with van der Waals surface area (Å²) in [5.41, 5.74) is 0. The van der Waals surface area contributed by atoms with Crippen LogP contribution < -0.4 is 0 Å². The van der Waals surface area contributed by atoms with E-state index >= 15 is 0 Å². The Labute approximate surface area is 463 Å². The molecule has 0 aliphatic rings. The smallest absolute Gasteiger partial charge is 0.306 e. The predicted octanol–water partition coefficient (Wildman–Crippen LogP) is 23.1. The Hall–Kier alpha value is -1.59. The highest BCUT2D eigenvalue weighted by molar-refractivity contribution is 5.71. The van der Waals surface area contributed by atoms with Crippen LogP contribution in [0.4, 0.5) is 0 Å². The molecule has 0 rings (SSSR count). The number of esters is 3. The molecule has 0 N–H and O–H groups in total. The molecular weight excluding hydrogens is 913 g/mol. The van der Waals surface area contributed by atoms with Gasteiger partial charge in [-0.3, -0.25) is 14.4 Å². The summed E-state index contributed by atoms with van der Waals surface area (Å²) in [6, 6.07) is 0. The van der Waals surface area contributed by atoms with Crippen molar-refractivity contribution in [1.82, 2.24) is 0 Å². The van der Waals surface area contributed by atoms with Crippen LogP contribution in [0.3, 0.4) is 0 Å². The maximum Gasteiger partial charge on any atom is 0.306 e. The van der Waals surface area contributed by atoms with Crippen LogP contribution in [-0.2, 0) is 28.6 Å². The number of unbranched alkanes of at least 4 members (excludes halogenated alkanes) is 53. The molecule has 1 unspecified atom stereocenters. The number of carbonyl (C=O) groups is 3. The summed E-state index contributed by atoms with van der Waals surface area (Å²) < 4.78 is 17.0. The summed E-state index contributed by atoms with van der Waals surface area (Å²) >= 11 is 0. The van der Waals surface area contributed by atoms with Crippen LogP contribution in [0.1, 0.15) is 400 Å². The van der Waals surface area contributed by atoms with Gasteiger partial charge in [-0.05, 0) is 19.3 Å². The van der Waals surface area contributed by atoms with E-state index in [-0.39, 0.29) is 31.1 Å². The molecule has 74 heavy (non-hydrogen) atoms. The van der Waals surface area contributed by atoms with Gasteiger partial charge in [0.15, 0.2) is 6.10 Å². The second kappa shape index (κ2) is 63.9. The van der Waals surface area contributed by atoms with Crippen LogP contribution in [0.2, 0.25) is 0 Å². The first-order valence-corrected chi connectivity index (χ1v) is 34.0. The van der Waals surface area contributed by atoms with E-state index in [1.807, 2.05) is 0 Å². The van der Waals surface area contributed by atoms with Crippen LogP contribution in [0.5, 0.6) is 0 Å². The molecule has 0 heterocycles. The Kier molecular flexibility index (Phi) is 62.6. The third-order valence-corrected chi connectivity index (χ3v) is 15.9. The highest BCUT2D eigenvalue weighted by atomic mass is 16.6. The minimum absolute atomic E-state index is 0.0603. The molecule has 0 radical (unpaired) electrons. The van der Waals surface area contributed by atoms with Crippen molar-refractivity contribution in [3.05, 3.63) is 0 Å². The molecule has 0 saturated heterocycles. The van der Waals surface area contributed by atoms with E-state index in [2.05, 4.69) is 20.8 Å². The van der Waals surface area contributed by atoms with E-state index < -0.39 is 6.10 Å². The summed E-state index contributed by atoms with van der Waals surface area (Å²) in [7, 11) is 0. The van der Waals surface area contributed by atoms with Gasteiger partial charge in [0, 0.05) is 19.3 Å². The molecule has 6 heteroatoms. The van der Waals surface area contributed by atoms with Gasteiger partial charge in [-0.2, -0.15) is 0 Å². The lowest BCUT2D eigenvalue weighted by atomic mass is 10.0. The topological polar surface area (TPSA) is 78.9 Å². The van der Waals surface area contributed by atoms with Crippen molar-refractivity contribution in [3.8, 4) is 0 Å². The molecule has 440 valence electrons.